The van der Waals surface area contributed by atoms with Crippen LogP contribution in [0.15, 0.2) is 18.2 Å². The molecule has 0 spiro atoms. The maximum Gasteiger partial charge on any atom is 0.127 e. The van der Waals surface area contributed by atoms with Crippen LogP contribution in [-0.4, -0.2) is 9.55 Å². The molecular formula is C15H20Cl2N2. The Bertz CT molecular complexity index is 585. The van der Waals surface area contributed by atoms with Crippen LogP contribution in [0.5, 0.6) is 0 Å². The molecule has 0 saturated heterocycles. The summed E-state index contributed by atoms with van der Waals surface area (Å²) in [4.78, 5) is 4.63. The molecule has 2 nitrogen and oxygen atoms in total. The minimum Gasteiger partial charge on any atom is -0.326 e. The number of rotatable bonds is 4. The van der Waals surface area contributed by atoms with Gasteiger partial charge in [0.05, 0.1) is 15.9 Å². The van der Waals surface area contributed by atoms with Crippen LogP contribution in [0.1, 0.15) is 45.3 Å². The highest BCUT2D eigenvalue weighted by Crippen LogP contribution is 2.32. The summed E-state index contributed by atoms with van der Waals surface area (Å²) in [5.41, 5.74) is 2.12. The van der Waals surface area contributed by atoms with Gasteiger partial charge in [-0.25, -0.2) is 4.98 Å². The Hall–Kier alpha value is -0.730. The summed E-state index contributed by atoms with van der Waals surface area (Å²) >= 11 is 12.5. The zero-order valence-electron chi connectivity index (χ0n) is 11.9. The van der Waals surface area contributed by atoms with Crippen molar-refractivity contribution in [3.8, 4) is 0 Å². The van der Waals surface area contributed by atoms with Gasteiger partial charge in [0.15, 0.2) is 0 Å². The van der Waals surface area contributed by atoms with Gasteiger partial charge in [-0.2, -0.15) is 0 Å². The third kappa shape index (κ3) is 2.90. The van der Waals surface area contributed by atoms with E-state index in [0.717, 1.165) is 29.8 Å². The van der Waals surface area contributed by atoms with E-state index in [1.165, 1.54) is 0 Å². The molecule has 0 bridgehead atoms. The lowest BCUT2D eigenvalue weighted by Gasteiger charge is -2.25. The van der Waals surface area contributed by atoms with Crippen molar-refractivity contribution in [2.75, 3.05) is 0 Å². The fraction of sp³-hybridized carbons (Fsp3) is 0.533. The Labute approximate surface area is 124 Å². The monoisotopic (exact) mass is 298 g/mol. The van der Waals surface area contributed by atoms with Crippen LogP contribution >= 0.6 is 23.2 Å². The number of alkyl halides is 1. The minimum absolute atomic E-state index is 0.129. The summed E-state index contributed by atoms with van der Waals surface area (Å²) in [7, 11) is 0. The number of benzene rings is 1. The number of para-hydroxylation sites is 1. The number of aromatic nitrogens is 2. The Kier molecular flexibility index (Phi) is 4.12. The zero-order valence-corrected chi connectivity index (χ0v) is 13.4. The van der Waals surface area contributed by atoms with Gasteiger partial charge in [-0.05, 0) is 30.9 Å². The number of halogens is 2. The lowest BCUT2D eigenvalue weighted by atomic mass is 9.90. The van der Waals surface area contributed by atoms with Crippen LogP contribution in [0.2, 0.25) is 5.02 Å². The van der Waals surface area contributed by atoms with Crippen LogP contribution < -0.4 is 0 Å². The maximum atomic E-state index is 6.28. The molecule has 0 aliphatic carbocycles. The van der Waals surface area contributed by atoms with Crippen molar-refractivity contribution in [1.29, 1.82) is 0 Å². The summed E-state index contributed by atoms with van der Waals surface area (Å²) in [5, 5.41) is 0.556. The number of hydrogen-bond acceptors (Lipinski definition) is 1. The van der Waals surface area contributed by atoms with Gasteiger partial charge in [0, 0.05) is 6.54 Å². The smallest absolute Gasteiger partial charge is 0.127 e. The fourth-order valence-electron chi connectivity index (χ4n) is 2.14. The first kappa shape index (κ1) is 14.7. The molecule has 0 fully saturated rings. The highest BCUT2D eigenvalue weighted by atomic mass is 35.5. The van der Waals surface area contributed by atoms with Gasteiger partial charge in [-0.1, -0.05) is 38.4 Å². The SMILES string of the molecule is CCC(C)(C)Cn1c(C(C)Cl)nc2c(Cl)cccc21. The normalized spacial score (nSPS) is 14.0. The molecule has 0 aliphatic rings. The average Bonchev–Trinajstić information content (AvgIpc) is 2.69. The van der Waals surface area contributed by atoms with E-state index >= 15 is 0 Å². The van der Waals surface area contributed by atoms with Gasteiger partial charge in [-0.15, -0.1) is 11.6 Å². The van der Waals surface area contributed by atoms with Crippen LogP contribution in [0, 0.1) is 5.41 Å². The third-order valence-electron chi connectivity index (χ3n) is 3.66. The Morgan fingerprint density at radius 2 is 2.05 bits per heavy atom. The second-order valence-electron chi connectivity index (χ2n) is 5.80. The van der Waals surface area contributed by atoms with E-state index in [9.17, 15) is 0 Å². The van der Waals surface area contributed by atoms with Crippen molar-refractivity contribution in [2.24, 2.45) is 5.41 Å². The molecule has 0 amide bonds. The van der Waals surface area contributed by atoms with E-state index in [1.807, 2.05) is 19.1 Å². The van der Waals surface area contributed by atoms with E-state index in [0.29, 0.717) is 5.02 Å². The van der Waals surface area contributed by atoms with E-state index in [1.54, 1.807) is 0 Å². The predicted octanol–water partition coefficient (Wildman–Crippen LogP) is 5.43. The summed E-state index contributed by atoms with van der Waals surface area (Å²) in [6.45, 7) is 9.56. The molecule has 2 aromatic rings. The van der Waals surface area contributed by atoms with Gasteiger partial charge in [-0.3, -0.25) is 0 Å². The molecular weight excluding hydrogens is 279 g/mol. The summed E-state index contributed by atoms with van der Waals surface area (Å²) in [6.07, 6.45) is 1.10. The van der Waals surface area contributed by atoms with Crippen molar-refractivity contribution in [2.45, 2.75) is 46.0 Å². The Morgan fingerprint density at radius 3 is 2.63 bits per heavy atom. The third-order valence-corrected chi connectivity index (χ3v) is 4.16. The highest BCUT2D eigenvalue weighted by molar-refractivity contribution is 6.35. The van der Waals surface area contributed by atoms with Crippen LogP contribution in [0.25, 0.3) is 11.0 Å². The molecule has 0 N–H and O–H groups in total. The molecule has 19 heavy (non-hydrogen) atoms. The number of nitrogens with zero attached hydrogens (tertiary/aromatic N) is 2. The first-order valence-corrected chi connectivity index (χ1v) is 7.46. The molecule has 0 radical (unpaired) electrons. The van der Waals surface area contributed by atoms with Crippen LogP contribution in [-0.2, 0) is 6.54 Å². The quantitative estimate of drug-likeness (QED) is 0.689. The second-order valence-corrected chi connectivity index (χ2v) is 6.86. The van der Waals surface area contributed by atoms with Gasteiger partial charge < -0.3 is 4.57 Å². The lowest BCUT2D eigenvalue weighted by Crippen LogP contribution is -2.20. The van der Waals surface area contributed by atoms with E-state index in [4.69, 9.17) is 23.2 Å². The molecule has 1 aromatic heterocycles. The molecule has 1 aromatic carbocycles. The summed E-state index contributed by atoms with van der Waals surface area (Å²) in [6, 6.07) is 5.89. The minimum atomic E-state index is -0.129. The van der Waals surface area contributed by atoms with Gasteiger partial charge >= 0.3 is 0 Å². The highest BCUT2D eigenvalue weighted by Gasteiger charge is 2.22. The second kappa shape index (κ2) is 5.34. The molecule has 2 rings (SSSR count). The topological polar surface area (TPSA) is 17.8 Å². The van der Waals surface area contributed by atoms with Gasteiger partial charge in [0.25, 0.3) is 0 Å². The fourth-order valence-corrected chi connectivity index (χ4v) is 2.52. The van der Waals surface area contributed by atoms with E-state index in [2.05, 4.69) is 36.4 Å². The Morgan fingerprint density at radius 1 is 1.37 bits per heavy atom. The predicted molar refractivity (Wildman–Crippen MR) is 83.1 cm³/mol. The van der Waals surface area contributed by atoms with E-state index < -0.39 is 0 Å². The number of fused-ring (bicyclic) bond motifs is 1. The standard InChI is InChI=1S/C15H20Cl2N2/c1-5-15(3,4)9-19-12-8-6-7-11(17)13(12)18-14(19)10(2)16/h6-8,10H,5,9H2,1-4H3. The van der Waals surface area contributed by atoms with E-state index in [-0.39, 0.29) is 10.8 Å². The Balaban J connectivity index is 2.62. The summed E-state index contributed by atoms with van der Waals surface area (Å²) in [5.74, 6) is 0.895. The molecule has 0 saturated carbocycles. The van der Waals surface area contributed by atoms with Crippen molar-refractivity contribution >= 4 is 34.2 Å². The zero-order chi connectivity index (χ0) is 14.2. The molecule has 1 heterocycles. The lowest BCUT2D eigenvalue weighted by molar-refractivity contribution is 0.294. The molecule has 0 aliphatic heterocycles. The van der Waals surface area contributed by atoms with Gasteiger partial charge in [0.2, 0.25) is 0 Å². The summed E-state index contributed by atoms with van der Waals surface area (Å²) < 4.78 is 2.21. The average molecular weight is 299 g/mol. The molecule has 1 atom stereocenters. The van der Waals surface area contributed by atoms with Crippen LogP contribution in [0.4, 0.5) is 0 Å². The molecule has 104 valence electrons. The maximum absolute atomic E-state index is 6.28. The first-order valence-electron chi connectivity index (χ1n) is 6.64. The van der Waals surface area contributed by atoms with Gasteiger partial charge in [0.1, 0.15) is 11.3 Å². The van der Waals surface area contributed by atoms with Crippen molar-refractivity contribution in [1.82, 2.24) is 9.55 Å². The number of hydrogen-bond donors (Lipinski definition) is 0. The molecule has 4 heteroatoms. The van der Waals surface area contributed by atoms with Crippen molar-refractivity contribution < 1.29 is 0 Å². The number of imidazole rings is 1. The first-order chi connectivity index (χ1) is 8.85. The van der Waals surface area contributed by atoms with Crippen molar-refractivity contribution in [3.63, 3.8) is 0 Å². The van der Waals surface area contributed by atoms with Crippen molar-refractivity contribution in [3.05, 3.63) is 29.0 Å². The van der Waals surface area contributed by atoms with Crippen LogP contribution in [0.3, 0.4) is 0 Å². The largest absolute Gasteiger partial charge is 0.326 e. The molecule has 1 unspecified atom stereocenters.